The Morgan fingerprint density at radius 2 is 2.10 bits per heavy atom. The van der Waals surface area contributed by atoms with Gasteiger partial charge in [-0.1, -0.05) is 19.9 Å². The second-order valence-corrected chi connectivity index (χ2v) is 5.88. The van der Waals surface area contributed by atoms with Crippen LogP contribution in [0, 0.1) is 28.4 Å². The van der Waals surface area contributed by atoms with Crippen LogP contribution >= 0.6 is 0 Å². The third-order valence-electron chi connectivity index (χ3n) is 4.19. The van der Waals surface area contributed by atoms with Gasteiger partial charge in [-0.3, -0.25) is 4.79 Å². The van der Waals surface area contributed by atoms with Gasteiger partial charge in [0.25, 0.3) is 0 Å². The van der Waals surface area contributed by atoms with Crippen molar-refractivity contribution in [2.45, 2.75) is 32.1 Å². The van der Waals surface area contributed by atoms with Crippen molar-refractivity contribution in [3.8, 4) is 6.07 Å². The molecule has 0 heterocycles. The van der Waals surface area contributed by atoms with Gasteiger partial charge >= 0.3 is 0 Å². The van der Waals surface area contributed by atoms with Crippen LogP contribution in [0.5, 0.6) is 0 Å². The highest BCUT2D eigenvalue weighted by Gasteiger charge is 2.62. The predicted octanol–water partition coefficient (Wildman–Crippen LogP) is 2.66. The Morgan fingerprint density at radius 1 is 1.45 bits per heavy atom. The van der Waals surface area contributed by atoms with E-state index in [0.717, 1.165) is 6.07 Å². The van der Waals surface area contributed by atoms with Crippen molar-refractivity contribution < 1.29 is 13.6 Å². The van der Waals surface area contributed by atoms with E-state index in [1.165, 1.54) is 12.1 Å². The quantitative estimate of drug-likeness (QED) is 0.920. The molecule has 0 bridgehead atoms. The number of carbonyl (C=O) groups is 1. The molecule has 1 aromatic rings. The fourth-order valence-corrected chi connectivity index (χ4v) is 2.83. The minimum absolute atomic E-state index is 0.175. The first-order valence-electron chi connectivity index (χ1n) is 6.42. The van der Waals surface area contributed by atoms with Crippen LogP contribution in [0.4, 0.5) is 8.78 Å². The lowest BCUT2D eigenvalue weighted by molar-refractivity contribution is -0.120. The topological polar surface area (TPSA) is 52.9 Å². The van der Waals surface area contributed by atoms with Gasteiger partial charge in [-0.15, -0.1) is 0 Å². The van der Waals surface area contributed by atoms with Crippen LogP contribution < -0.4 is 5.32 Å². The molecule has 1 aliphatic rings. The average Bonchev–Trinajstić information content (AvgIpc) is 2.90. The number of nitrogens with zero attached hydrogens (tertiary/aromatic N) is 1. The summed E-state index contributed by atoms with van der Waals surface area (Å²) in [4.78, 5) is 11.4. The van der Waals surface area contributed by atoms with Gasteiger partial charge in [0, 0.05) is 18.0 Å². The van der Waals surface area contributed by atoms with Crippen LogP contribution in [0.25, 0.3) is 0 Å². The zero-order chi connectivity index (χ0) is 15.0. The third kappa shape index (κ3) is 2.38. The molecule has 0 radical (unpaired) electrons. The number of halogens is 2. The number of amides is 1. The van der Waals surface area contributed by atoms with Gasteiger partial charge in [-0.25, -0.2) is 8.78 Å². The molecule has 1 unspecified atom stereocenters. The summed E-state index contributed by atoms with van der Waals surface area (Å²) in [6.45, 7) is 4.21. The van der Waals surface area contributed by atoms with Crippen molar-refractivity contribution >= 4 is 5.91 Å². The van der Waals surface area contributed by atoms with E-state index in [9.17, 15) is 13.6 Å². The Labute approximate surface area is 116 Å². The number of nitrogens with one attached hydrogen (secondary N) is 1. The van der Waals surface area contributed by atoms with Crippen molar-refractivity contribution in [3.05, 3.63) is 35.4 Å². The Morgan fingerprint density at radius 3 is 2.60 bits per heavy atom. The first-order valence-corrected chi connectivity index (χ1v) is 6.42. The summed E-state index contributed by atoms with van der Waals surface area (Å²) in [7, 11) is 0. The van der Waals surface area contributed by atoms with Gasteiger partial charge in [-0.05, 0) is 23.5 Å². The summed E-state index contributed by atoms with van der Waals surface area (Å²) in [5, 5.41) is 11.1. The van der Waals surface area contributed by atoms with Gasteiger partial charge in [0.1, 0.15) is 18.1 Å². The molecule has 0 spiro atoms. The minimum Gasteiger partial charge on any atom is -0.354 e. The van der Waals surface area contributed by atoms with E-state index in [0.29, 0.717) is 12.0 Å². The molecule has 1 fully saturated rings. The fraction of sp³-hybridized carbons (Fsp3) is 0.467. The average molecular weight is 278 g/mol. The van der Waals surface area contributed by atoms with Crippen molar-refractivity contribution in [2.75, 3.05) is 6.54 Å². The van der Waals surface area contributed by atoms with E-state index < -0.39 is 17.0 Å². The number of hydrogen-bond donors (Lipinski definition) is 1. The van der Waals surface area contributed by atoms with Crippen LogP contribution in [0.1, 0.15) is 32.3 Å². The molecule has 1 amide bonds. The molecule has 3 nitrogen and oxygen atoms in total. The molecule has 2 rings (SSSR count). The number of benzene rings is 1. The molecule has 1 aromatic carbocycles. The van der Waals surface area contributed by atoms with Gasteiger partial charge in [-0.2, -0.15) is 5.26 Å². The number of rotatable bonds is 4. The Bertz CT molecular complexity index is 592. The summed E-state index contributed by atoms with van der Waals surface area (Å²) in [5.41, 5.74) is -0.289. The lowest BCUT2D eigenvalue weighted by Crippen LogP contribution is -2.35. The van der Waals surface area contributed by atoms with Crippen LogP contribution in [-0.4, -0.2) is 12.5 Å². The van der Waals surface area contributed by atoms with E-state index in [2.05, 4.69) is 5.32 Å². The zero-order valence-electron chi connectivity index (χ0n) is 11.5. The Kier molecular flexibility index (Phi) is 3.51. The fourth-order valence-electron chi connectivity index (χ4n) is 2.83. The van der Waals surface area contributed by atoms with Gasteiger partial charge in [0.15, 0.2) is 0 Å². The molecule has 0 aromatic heterocycles. The van der Waals surface area contributed by atoms with Crippen LogP contribution in [0.3, 0.4) is 0 Å². The van der Waals surface area contributed by atoms with Crippen molar-refractivity contribution in [1.29, 1.82) is 5.26 Å². The number of nitriles is 1. The minimum atomic E-state index is -0.617. The van der Waals surface area contributed by atoms with E-state index in [1.54, 1.807) is 6.07 Å². The second kappa shape index (κ2) is 4.86. The first-order chi connectivity index (χ1) is 9.32. The molecule has 106 valence electrons. The molecule has 1 aliphatic carbocycles. The standard InChI is InChI=1S/C15H16F2N2O/c1-14(2)8-15(14,9-19-13(20)5-6-18)11-4-3-10(16)7-12(11)17/h3-4,7H,5,8-9H2,1-2H3,(H,19,20). The monoisotopic (exact) mass is 278 g/mol. The zero-order valence-corrected chi connectivity index (χ0v) is 11.5. The summed E-state index contributed by atoms with van der Waals surface area (Å²) < 4.78 is 27.0. The smallest absolute Gasteiger partial charge is 0.234 e. The van der Waals surface area contributed by atoms with Gasteiger partial charge < -0.3 is 5.32 Å². The Hall–Kier alpha value is -1.96. The number of carbonyl (C=O) groups excluding carboxylic acids is 1. The molecular formula is C15H16F2N2O. The second-order valence-electron chi connectivity index (χ2n) is 5.88. The summed E-state index contributed by atoms with van der Waals surface area (Å²) >= 11 is 0. The molecule has 20 heavy (non-hydrogen) atoms. The maximum absolute atomic E-state index is 14.0. The lowest BCUT2D eigenvalue weighted by atomic mass is 9.87. The highest BCUT2D eigenvalue weighted by molar-refractivity contribution is 5.78. The summed E-state index contributed by atoms with van der Waals surface area (Å²) in [6.07, 6.45) is 0.484. The van der Waals surface area contributed by atoms with Gasteiger partial charge in [0.2, 0.25) is 5.91 Å². The molecular weight excluding hydrogens is 262 g/mol. The highest BCUT2D eigenvalue weighted by Crippen LogP contribution is 2.64. The highest BCUT2D eigenvalue weighted by atomic mass is 19.1. The molecule has 1 N–H and O–H groups in total. The molecule has 0 saturated heterocycles. The molecule has 1 saturated carbocycles. The van der Waals surface area contributed by atoms with Crippen molar-refractivity contribution in [1.82, 2.24) is 5.32 Å². The van der Waals surface area contributed by atoms with Crippen LogP contribution in [0.15, 0.2) is 18.2 Å². The Balaban J connectivity index is 2.24. The van der Waals surface area contributed by atoms with Crippen LogP contribution in [-0.2, 0) is 10.2 Å². The maximum atomic E-state index is 14.0. The van der Waals surface area contributed by atoms with E-state index in [4.69, 9.17) is 5.26 Å². The lowest BCUT2D eigenvalue weighted by Gasteiger charge is -2.22. The molecule has 1 atom stereocenters. The van der Waals surface area contributed by atoms with E-state index in [-0.39, 0.29) is 24.3 Å². The molecule has 5 heteroatoms. The van der Waals surface area contributed by atoms with E-state index >= 15 is 0 Å². The number of hydrogen-bond acceptors (Lipinski definition) is 2. The van der Waals surface area contributed by atoms with E-state index in [1.807, 2.05) is 13.8 Å². The predicted molar refractivity (Wildman–Crippen MR) is 69.7 cm³/mol. The summed E-state index contributed by atoms with van der Waals surface area (Å²) in [5.74, 6) is -1.59. The molecule has 0 aliphatic heterocycles. The SMILES string of the molecule is CC1(C)CC1(CNC(=O)CC#N)c1ccc(F)cc1F. The van der Waals surface area contributed by atoms with Crippen molar-refractivity contribution in [3.63, 3.8) is 0 Å². The van der Waals surface area contributed by atoms with Crippen molar-refractivity contribution in [2.24, 2.45) is 5.41 Å². The summed E-state index contributed by atoms with van der Waals surface area (Å²) in [6, 6.07) is 5.30. The maximum Gasteiger partial charge on any atom is 0.234 e. The van der Waals surface area contributed by atoms with Gasteiger partial charge in [0.05, 0.1) is 6.07 Å². The third-order valence-corrected chi connectivity index (χ3v) is 4.19. The normalized spacial score (nSPS) is 22.9. The van der Waals surface area contributed by atoms with Crippen LogP contribution in [0.2, 0.25) is 0 Å². The first kappa shape index (κ1) is 14.4. The largest absolute Gasteiger partial charge is 0.354 e.